The fraction of sp³-hybridized carbons (Fsp3) is 0.474. The number of nitrogens with one attached hydrogen (secondary N) is 2. The summed E-state index contributed by atoms with van der Waals surface area (Å²) < 4.78 is 45.4. The van der Waals surface area contributed by atoms with Gasteiger partial charge in [-0.3, -0.25) is 10.1 Å². The highest BCUT2D eigenvalue weighted by Gasteiger charge is 2.37. The van der Waals surface area contributed by atoms with Crippen molar-refractivity contribution in [2.75, 3.05) is 18.5 Å². The molecular weight excluding hydrogens is 401 g/mol. The van der Waals surface area contributed by atoms with Crippen LogP contribution in [0.4, 0.5) is 19.0 Å². The van der Waals surface area contributed by atoms with Crippen molar-refractivity contribution in [1.29, 1.82) is 0 Å². The summed E-state index contributed by atoms with van der Waals surface area (Å²) in [7, 11) is 0. The van der Waals surface area contributed by atoms with E-state index in [-0.39, 0.29) is 24.6 Å². The number of hydrogen-bond donors (Lipinski definition) is 3. The van der Waals surface area contributed by atoms with E-state index < -0.39 is 23.0 Å². The Bertz CT molecular complexity index is 1030. The molecule has 0 radical (unpaired) electrons. The van der Waals surface area contributed by atoms with Gasteiger partial charge in [0.25, 0.3) is 0 Å². The Morgan fingerprint density at radius 1 is 1.13 bits per heavy atom. The molecule has 3 aromatic rings. The second-order valence-electron chi connectivity index (χ2n) is 8.25. The van der Waals surface area contributed by atoms with E-state index in [1.165, 1.54) is 6.20 Å². The predicted molar refractivity (Wildman–Crippen MR) is 105 cm³/mol. The van der Waals surface area contributed by atoms with Crippen LogP contribution >= 0.6 is 0 Å². The first-order valence-corrected chi connectivity index (χ1v) is 9.17. The van der Waals surface area contributed by atoms with Crippen LogP contribution in [-0.2, 0) is 10.9 Å². The van der Waals surface area contributed by atoms with E-state index in [4.69, 9.17) is 4.74 Å². The number of nitrogens with zero attached hydrogens (tertiary/aromatic N) is 4. The minimum Gasteiger partial charge on any atom is -0.388 e. The average Bonchev–Trinajstić information content (AvgIpc) is 3.10. The van der Waals surface area contributed by atoms with Crippen molar-refractivity contribution in [2.45, 2.75) is 45.0 Å². The first-order chi connectivity index (χ1) is 13.9. The van der Waals surface area contributed by atoms with Crippen molar-refractivity contribution in [3.63, 3.8) is 0 Å². The lowest BCUT2D eigenvalue weighted by atomic mass is 10.1. The summed E-state index contributed by atoms with van der Waals surface area (Å²) in [4.78, 5) is 12.6. The van der Waals surface area contributed by atoms with Gasteiger partial charge in [0.05, 0.1) is 41.6 Å². The summed E-state index contributed by atoms with van der Waals surface area (Å²) in [6.07, 6.45) is -0.535. The van der Waals surface area contributed by atoms with Crippen LogP contribution in [0.2, 0.25) is 0 Å². The van der Waals surface area contributed by atoms with Gasteiger partial charge in [-0.05, 0) is 33.8 Å². The molecule has 0 aliphatic rings. The lowest BCUT2D eigenvalue weighted by molar-refractivity contribution is -0.140. The van der Waals surface area contributed by atoms with Gasteiger partial charge < -0.3 is 15.2 Å². The molecule has 0 fully saturated rings. The summed E-state index contributed by atoms with van der Waals surface area (Å²) in [5.74, 6) is 0.205. The number of anilines is 1. The fourth-order valence-corrected chi connectivity index (χ4v) is 2.79. The number of fused-ring (bicyclic) bond motifs is 1. The normalized spacial score (nSPS) is 13.1. The maximum Gasteiger partial charge on any atom is 0.435 e. The molecule has 162 valence electrons. The lowest BCUT2D eigenvalue weighted by Gasteiger charge is -2.29. The Hall–Kier alpha value is -2.79. The molecule has 0 aliphatic heterocycles. The number of aromatic amines is 1. The third kappa shape index (κ3) is 5.22. The molecule has 3 rings (SSSR count). The highest BCUT2D eigenvalue weighted by Crippen LogP contribution is 2.35. The number of aliphatic hydroxyl groups is 1. The maximum atomic E-state index is 13.3. The van der Waals surface area contributed by atoms with Crippen LogP contribution in [0.3, 0.4) is 0 Å². The smallest absolute Gasteiger partial charge is 0.388 e. The van der Waals surface area contributed by atoms with Gasteiger partial charge >= 0.3 is 6.18 Å². The minimum absolute atomic E-state index is 0.127. The first-order valence-electron chi connectivity index (χ1n) is 9.17. The molecule has 0 saturated heterocycles. The predicted octanol–water partition coefficient (Wildman–Crippen LogP) is 3.41. The second-order valence-corrected chi connectivity index (χ2v) is 8.25. The monoisotopic (exact) mass is 424 g/mol. The van der Waals surface area contributed by atoms with Crippen LogP contribution in [-0.4, -0.2) is 54.6 Å². The van der Waals surface area contributed by atoms with E-state index in [0.717, 1.165) is 6.20 Å². The van der Waals surface area contributed by atoms with Gasteiger partial charge in [0.2, 0.25) is 0 Å². The number of ether oxygens (including phenoxy) is 1. The second kappa shape index (κ2) is 7.80. The van der Waals surface area contributed by atoms with Crippen molar-refractivity contribution in [2.24, 2.45) is 0 Å². The lowest BCUT2D eigenvalue weighted by Crippen LogP contribution is -2.39. The summed E-state index contributed by atoms with van der Waals surface area (Å²) in [6.45, 7) is 7.32. The Labute approximate surface area is 170 Å². The van der Waals surface area contributed by atoms with E-state index in [1.54, 1.807) is 26.1 Å². The number of hydrogen-bond acceptors (Lipinski definition) is 7. The highest BCUT2D eigenvalue weighted by molar-refractivity contribution is 5.90. The largest absolute Gasteiger partial charge is 0.435 e. The average molecular weight is 424 g/mol. The molecule has 0 bridgehead atoms. The third-order valence-corrected chi connectivity index (χ3v) is 4.02. The molecule has 0 atom stereocenters. The summed E-state index contributed by atoms with van der Waals surface area (Å²) in [5.41, 5.74) is -2.59. The minimum atomic E-state index is -4.65. The molecule has 0 aromatic carbocycles. The van der Waals surface area contributed by atoms with Gasteiger partial charge in [-0.25, -0.2) is 9.97 Å². The summed E-state index contributed by atoms with van der Waals surface area (Å²) in [5, 5.41) is 19.1. The van der Waals surface area contributed by atoms with Crippen molar-refractivity contribution < 1.29 is 23.0 Å². The molecule has 0 unspecified atom stereocenters. The number of pyridine rings is 1. The fourth-order valence-electron chi connectivity index (χ4n) is 2.79. The van der Waals surface area contributed by atoms with Gasteiger partial charge in [-0.2, -0.15) is 18.3 Å². The molecule has 0 amide bonds. The number of alkyl halides is 3. The van der Waals surface area contributed by atoms with E-state index in [9.17, 15) is 18.3 Å². The molecule has 3 N–H and O–H groups in total. The number of H-pyrrole nitrogens is 1. The highest BCUT2D eigenvalue weighted by atomic mass is 19.4. The summed E-state index contributed by atoms with van der Waals surface area (Å²) in [6, 6.07) is 1.68. The zero-order chi connectivity index (χ0) is 22.2. The topological polar surface area (TPSA) is 109 Å². The maximum absolute atomic E-state index is 13.3. The van der Waals surface area contributed by atoms with Crippen LogP contribution in [0, 0.1) is 0 Å². The molecular formula is C19H23F3N6O2. The Kier molecular flexibility index (Phi) is 5.70. The van der Waals surface area contributed by atoms with Gasteiger partial charge in [0.1, 0.15) is 5.82 Å². The van der Waals surface area contributed by atoms with Crippen LogP contribution in [0.1, 0.15) is 33.4 Å². The number of rotatable bonds is 7. The van der Waals surface area contributed by atoms with Gasteiger partial charge in [-0.1, -0.05) is 0 Å². The first kappa shape index (κ1) is 21.9. The Balaban J connectivity index is 1.98. The Morgan fingerprint density at radius 2 is 1.87 bits per heavy atom. The molecule has 3 aromatic heterocycles. The van der Waals surface area contributed by atoms with E-state index in [1.807, 2.05) is 13.8 Å². The number of aromatic nitrogens is 5. The molecule has 8 nitrogen and oxygen atoms in total. The van der Waals surface area contributed by atoms with Crippen LogP contribution in [0.5, 0.6) is 0 Å². The molecule has 3 heterocycles. The molecule has 30 heavy (non-hydrogen) atoms. The van der Waals surface area contributed by atoms with E-state index in [2.05, 4.69) is 30.5 Å². The SMILES string of the molecule is CC(C)(O)COCC(C)(C)Nc1nc(-c2c[nH]nc2C(F)(F)F)nc2cnccc12. The van der Waals surface area contributed by atoms with Crippen molar-refractivity contribution in [3.05, 3.63) is 30.4 Å². The van der Waals surface area contributed by atoms with Crippen LogP contribution in [0.25, 0.3) is 22.3 Å². The zero-order valence-corrected chi connectivity index (χ0v) is 17.0. The van der Waals surface area contributed by atoms with Crippen LogP contribution in [0.15, 0.2) is 24.7 Å². The van der Waals surface area contributed by atoms with Gasteiger partial charge in [0.15, 0.2) is 11.5 Å². The van der Waals surface area contributed by atoms with Gasteiger partial charge in [-0.15, -0.1) is 0 Å². The zero-order valence-electron chi connectivity index (χ0n) is 17.0. The van der Waals surface area contributed by atoms with E-state index in [0.29, 0.717) is 16.7 Å². The quantitative estimate of drug-likeness (QED) is 0.533. The van der Waals surface area contributed by atoms with Gasteiger partial charge in [0, 0.05) is 17.8 Å². The Morgan fingerprint density at radius 3 is 2.53 bits per heavy atom. The van der Waals surface area contributed by atoms with Crippen molar-refractivity contribution in [1.82, 2.24) is 25.1 Å². The molecule has 0 saturated carbocycles. The van der Waals surface area contributed by atoms with Crippen LogP contribution < -0.4 is 5.32 Å². The van der Waals surface area contributed by atoms with Crippen molar-refractivity contribution in [3.8, 4) is 11.4 Å². The standard InChI is InChI=1S/C19H23F3N6O2/c1-17(2,9-30-10-18(3,4)29)27-16-11-5-6-23-8-13(11)25-15(26-16)12-7-24-28-14(12)19(20,21)22/h5-8,29H,9-10H2,1-4H3,(H,24,28)(H,25,26,27). The van der Waals surface area contributed by atoms with Crippen molar-refractivity contribution >= 4 is 16.7 Å². The number of halogens is 3. The molecule has 0 spiro atoms. The summed E-state index contributed by atoms with van der Waals surface area (Å²) >= 11 is 0. The molecule has 11 heteroatoms. The van der Waals surface area contributed by atoms with E-state index >= 15 is 0 Å². The molecule has 0 aliphatic carbocycles. The third-order valence-electron chi connectivity index (χ3n) is 4.02.